The number of hydrogen-bond acceptors (Lipinski definition) is 4. The summed E-state index contributed by atoms with van der Waals surface area (Å²) in [6.07, 6.45) is -2.66. The number of carboxylic acids is 1. The second-order valence-corrected chi connectivity index (χ2v) is 6.61. The van der Waals surface area contributed by atoms with Crippen LogP contribution in [0.15, 0.2) is 46.9 Å². The normalized spacial score (nSPS) is 19.9. The zero-order valence-corrected chi connectivity index (χ0v) is 15.8. The number of benzene rings is 1. The Labute approximate surface area is 161 Å². The van der Waals surface area contributed by atoms with E-state index in [9.17, 15) is 13.2 Å². The number of ether oxygens (including phenoxy) is 1. The fourth-order valence-corrected chi connectivity index (χ4v) is 3.24. The number of hydrogen-bond donors (Lipinski definition) is 1. The molecule has 2 heterocycles. The predicted molar refractivity (Wildman–Crippen MR) is 96.9 cm³/mol. The van der Waals surface area contributed by atoms with Gasteiger partial charge in [-0.25, -0.2) is 4.79 Å². The van der Waals surface area contributed by atoms with Crippen molar-refractivity contribution in [2.75, 3.05) is 13.7 Å². The lowest BCUT2D eigenvalue weighted by atomic mass is 10.0. The molecule has 1 aromatic heterocycles. The molecule has 1 N–H and O–H groups in total. The summed E-state index contributed by atoms with van der Waals surface area (Å²) in [4.78, 5) is 11.4. The van der Waals surface area contributed by atoms with Gasteiger partial charge in [0.25, 0.3) is 0 Å². The van der Waals surface area contributed by atoms with Crippen LogP contribution in [0.5, 0.6) is 0 Å². The number of likely N-dealkylation sites (tertiary alicyclic amines) is 1. The smallest absolute Gasteiger partial charge is 0.475 e. The Kier molecular flexibility index (Phi) is 7.65. The van der Waals surface area contributed by atoms with Crippen molar-refractivity contribution in [2.45, 2.75) is 44.6 Å². The number of halogens is 3. The molecule has 1 aliphatic rings. The summed E-state index contributed by atoms with van der Waals surface area (Å²) in [6.45, 7) is 3.92. The number of aryl methyl sites for hydroxylation is 1. The van der Waals surface area contributed by atoms with Gasteiger partial charge in [0.1, 0.15) is 11.5 Å². The molecule has 0 aliphatic carbocycles. The quantitative estimate of drug-likeness (QED) is 0.822. The SMILES string of the molecule is CO[C@@H]1CCN(Cc2ccc(C)o2)[C@H]1Cc1ccccc1.O=C(O)C(F)(F)F. The van der Waals surface area contributed by atoms with E-state index < -0.39 is 12.1 Å². The Morgan fingerprint density at radius 1 is 1.25 bits per heavy atom. The number of rotatable bonds is 5. The first-order valence-corrected chi connectivity index (χ1v) is 8.87. The number of methoxy groups -OCH3 is 1. The van der Waals surface area contributed by atoms with Gasteiger partial charge in [0.2, 0.25) is 0 Å². The molecule has 0 amide bonds. The van der Waals surface area contributed by atoms with E-state index in [0.717, 1.165) is 37.5 Å². The number of carbonyl (C=O) groups is 1. The Bertz CT molecular complexity index is 745. The molecule has 0 spiro atoms. The van der Waals surface area contributed by atoms with Crippen molar-refractivity contribution in [1.82, 2.24) is 4.90 Å². The minimum atomic E-state index is -5.08. The first kappa shape index (κ1) is 22.0. The highest BCUT2D eigenvalue weighted by atomic mass is 19.4. The average Bonchev–Trinajstić information content (AvgIpc) is 3.22. The number of furan rings is 1. The lowest BCUT2D eigenvalue weighted by molar-refractivity contribution is -0.192. The standard InChI is InChI=1S/C18H23NO2.C2HF3O2/c1-14-8-9-16(21-14)13-19-11-10-18(20-2)17(19)12-15-6-4-3-5-7-15;3-2(4,5)1(6)7/h3-9,17-18H,10-13H2,1-2H3;(H,6,7)/t17-,18+;/m0./s1. The summed E-state index contributed by atoms with van der Waals surface area (Å²) in [5, 5.41) is 7.12. The van der Waals surface area contributed by atoms with E-state index in [1.807, 2.05) is 20.1 Å². The molecule has 1 aliphatic heterocycles. The van der Waals surface area contributed by atoms with Crippen LogP contribution in [-0.2, 0) is 22.5 Å². The van der Waals surface area contributed by atoms with Gasteiger partial charge in [-0.3, -0.25) is 4.90 Å². The van der Waals surface area contributed by atoms with E-state index in [4.69, 9.17) is 19.1 Å². The van der Waals surface area contributed by atoms with Crippen molar-refractivity contribution in [2.24, 2.45) is 0 Å². The summed E-state index contributed by atoms with van der Waals surface area (Å²) in [5.74, 6) is -0.734. The molecule has 2 atom stereocenters. The highest BCUT2D eigenvalue weighted by Crippen LogP contribution is 2.26. The van der Waals surface area contributed by atoms with Gasteiger partial charge in [0.15, 0.2) is 0 Å². The molecule has 2 aromatic rings. The summed E-state index contributed by atoms with van der Waals surface area (Å²) < 4.78 is 43.2. The molecule has 28 heavy (non-hydrogen) atoms. The average molecular weight is 399 g/mol. The Balaban J connectivity index is 0.000000345. The van der Waals surface area contributed by atoms with Crippen molar-refractivity contribution >= 4 is 5.97 Å². The molecule has 5 nitrogen and oxygen atoms in total. The maximum atomic E-state index is 10.6. The van der Waals surface area contributed by atoms with Gasteiger partial charge in [-0.1, -0.05) is 30.3 Å². The molecule has 1 aromatic carbocycles. The van der Waals surface area contributed by atoms with E-state index in [2.05, 4.69) is 41.3 Å². The highest BCUT2D eigenvalue weighted by Gasteiger charge is 2.38. The lowest BCUT2D eigenvalue weighted by Gasteiger charge is -2.27. The van der Waals surface area contributed by atoms with E-state index in [-0.39, 0.29) is 0 Å². The first-order chi connectivity index (χ1) is 13.2. The fraction of sp³-hybridized carbons (Fsp3) is 0.450. The molecule has 0 unspecified atom stereocenters. The van der Waals surface area contributed by atoms with Crippen molar-refractivity contribution in [3.05, 3.63) is 59.5 Å². The second kappa shape index (κ2) is 9.75. The molecule has 154 valence electrons. The molecule has 0 radical (unpaired) electrons. The Morgan fingerprint density at radius 2 is 1.89 bits per heavy atom. The zero-order chi connectivity index (χ0) is 20.7. The first-order valence-electron chi connectivity index (χ1n) is 8.87. The van der Waals surface area contributed by atoms with Gasteiger partial charge < -0.3 is 14.3 Å². The van der Waals surface area contributed by atoms with Crippen LogP contribution in [-0.4, -0.2) is 48.0 Å². The molecule has 3 rings (SSSR count). The minimum Gasteiger partial charge on any atom is -0.475 e. The van der Waals surface area contributed by atoms with Crippen LogP contribution >= 0.6 is 0 Å². The van der Waals surface area contributed by atoms with Crippen LogP contribution < -0.4 is 0 Å². The Morgan fingerprint density at radius 3 is 2.39 bits per heavy atom. The van der Waals surface area contributed by atoms with Crippen LogP contribution in [0.1, 0.15) is 23.5 Å². The summed E-state index contributed by atoms with van der Waals surface area (Å²) in [7, 11) is 1.82. The topological polar surface area (TPSA) is 62.9 Å². The lowest BCUT2D eigenvalue weighted by Crippen LogP contribution is -2.37. The summed E-state index contributed by atoms with van der Waals surface area (Å²) >= 11 is 0. The van der Waals surface area contributed by atoms with Crippen LogP contribution in [0, 0.1) is 6.92 Å². The van der Waals surface area contributed by atoms with E-state index in [1.165, 1.54) is 5.56 Å². The summed E-state index contributed by atoms with van der Waals surface area (Å²) in [5.41, 5.74) is 1.37. The van der Waals surface area contributed by atoms with Crippen LogP contribution in [0.4, 0.5) is 13.2 Å². The monoisotopic (exact) mass is 399 g/mol. The molecule has 0 saturated carbocycles. The van der Waals surface area contributed by atoms with Crippen LogP contribution in [0.25, 0.3) is 0 Å². The van der Waals surface area contributed by atoms with Gasteiger partial charge in [0.05, 0.1) is 12.6 Å². The predicted octanol–water partition coefficient (Wildman–Crippen LogP) is 4.05. The van der Waals surface area contributed by atoms with Crippen LogP contribution in [0.2, 0.25) is 0 Å². The number of alkyl halides is 3. The summed E-state index contributed by atoms with van der Waals surface area (Å²) in [6, 6.07) is 15.2. The fourth-order valence-electron chi connectivity index (χ4n) is 3.24. The van der Waals surface area contributed by atoms with Gasteiger partial charge in [-0.05, 0) is 37.5 Å². The Hall–Kier alpha value is -2.32. The maximum Gasteiger partial charge on any atom is 0.490 e. The maximum absolute atomic E-state index is 10.6. The van der Waals surface area contributed by atoms with Gasteiger partial charge in [0, 0.05) is 19.7 Å². The highest BCUT2D eigenvalue weighted by molar-refractivity contribution is 5.73. The number of nitrogens with zero attached hydrogens (tertiary/aromatic N) is 1. The molecular weight excluding hydrogens is 375 g/mol. The minimum absolute atomic E-state index is 0.307. The molecule has 1 fully saturated rings. The molecule has 1 saturated heterocycles. The zero-order valence-electron chi connectivity index (χ0n) is 15.8. The van der Waals surface area contributed by atoms with Gasteiger partial charge in [-0.15, -0.1) is 0 Å². The van der Waals surface area contributed by atoms with E-state index in [0.29, 0.717) is 12.1 Å². The third-order valence-corrected chi connectivity index (χ3v) is 4.59. The van der Waals surface area contributed by atoms with Crippen molar-refractivity contribution in [3.8, 4) is 0 Å². The van der Waals surface area contributed by atoms with Crippen molar-refractivity contribution in [1.29, 1.82) is 0 Å². The van der Waals surface area contributed by atoms with Crippen molar-refractivity contribution in [3.63, 3.8) is 0 Å². The molecule has 0 bridgehead atoms. The van der Waals surface area contributed by atoms with Crippen molar-refractivity contribution < 1.29 is 32.2 Å². The molecular formula is C20H24F3NO4. The molecule has 8 heteroatoms. The van der Waals surface area contributed by atoms with E-state index >= 15 is 0 Å². The van der Waals surface area contributed by atoms with Gasteiger partial charge >= 0.3 is 12.1 Å². The number of carboxylic acid groups (broad SMARTS) is 1. The van der Waals surface area contributed by atoms with Gasteiger partial charge in [-0.2, -0.15) is 13.2 Å². The van der Waals surface area contributed by atoms with Crippen LogP contribution in [0.3, 0.4) is 0 Å². The largest absolute Gasteiger partial charge is 0.490 e. The third-order valence-electron chi connectivity index (χ3n) is 4.59. The number of aliphatic carboxylic acids is 1. The van der Waals surface area contributed by atoms with E-state index in [1.54, 1.807) is 0 Å². The third kappa shape index (κ3) is 6.38. The second-order valence-electron chi connectivity index (χ2n) is 6.61.